The molecule has 3 aromatic carbocycles. The lowest BCUT2D eigenvalue weighted by atomic mass is 10.2. The Bertz CT molecular complexity index is 1060. The van der Waals surface area contributed by atoms with Crippen molar-refractivity contribution in [2.75, 3.05) is 13.7 Å². The Morgan fingerprint density at radius 1 is 0.903 bits per heavy atom. The van der Waals surface area contributed by atoms with Gasteiger partial charge in [-0.15, -0.1) is 0 Å². The first-order valence-electron chi connectivity index (χ1n) is 9.61. The number of hydrazone groups is 1. The molecule has 0 aliphatic heterocycles. The maximum Gasteiger partial charge on any atom is 0.343 e. The Morgan fingerprint density at radius 2 is 1.58 bits per heavy atom. The van der Waals surface area contributed by atoms with E-state index in [4.69, 9.17) is 14.2 Å². The molecule has 0 radical (unpaired) electrons. The summed E-state index contributed by atoms with van der Waals surface area (Å²) in [5.41, 5.74) is 3.99. The average Bonchev–Trinajstić information content (AvgIpc) is 2.80. The molecule has 1 amide bonds. The van der Waals surface area contributed by atoms with E-state index in [1.807, 2.05) is 6.92 Å². The number of benzene rings is 3. The lowest BCUT2D eigenvalue weighted by Crippen LogP contribution is -2.17. The molecule has 31 heavy (non-hydrogen) atoms. The number of amides is 1. The molecule has 0 spiro atoms. The van der Waals surface area contributed by atoms with E-state index in [0.29, 0.717) is 40.5 Å². The second kappa shape index (κ2) is 10.6. The zero-order valence-electron chi connectivity index (χ0n) is 17.2. The number of carbonyl (C=O) groups excluding carboxylic acids is 2. The number of nitrogens with zero attached hydrogens (tertiary/aromatic N) is 1. The average molecular weight is 418 g/mol. The van der Waals surface area contributed by atoms with Crippen LogP contribution in [0.1, 0.15) is 33.2 Å². The van der Waals surface area contributed by atoms with Crippen molar-refractivity contribution in [3.8, 4) is 17.2 Å². The van der Waals surface area contributed by atoms with E-state index < -0.39 is 5.97 Å². The molecule has 7 heteroatoms. The van der Waals surface area contributed by atoms with Gasteiger partial charge >= 0.3 is 5.97 Å². The summed E-state index contributed by atoms with van der Waals surface area (Å²) >= 11 is 0. The number of hydrogen-bond donors (Lipinski definition) is 1. The van der Waals surface area contributed by atoms with Crippen LogP contribution in [0.5, 0.6) is 17.2 Å². The van der Waals surface area contributed by atoms with Crippen molar-refractivity contribution in [3.05, 3.63) is 89.5 Å². The van der Waals surface area contributed by atoms with Crippen LogP contribution in [0.25, 0.3) is 0 Å². The molecule has 0 fully saturated rings. The monoisotopic (exact) mass is 418 g/mol. The smallest absolute Gasteiger partial charge is 0.343 e. The van der Waals surface area contributed by atoms with Crippen molar-refractivity contribution in [3.63, 3.8) is 0 Å². The molecule has 0 heterocycles. The lowest BCUT2D eigenvalue weighted by Gasteiger charge is -2.06. The molecule has 3 aromatic rings. The third kappa shape index (κ3) is 6.17. The largest absolute Gasteiger partial charge is 0.497 e. The number of carbonyl (C=O) groups is 2. The highest BCUT2D eigenvalue weighted by Crippen LogP contribution is 2.17. The maximum absolute atomic E-state index is 12.3. The third-order valence-electron chi connectivity index (χ3n) is 4.20. The summed E-state index contributed by atoms with van der Waals surface area (Å²) < 4.78 is 15.8. The third-order valence-corrected chi connectivity index (χ3v) is 4.20. The Balaban J connectivity index is 1.58. The maximum atomic E-state index is 12.3. The van der Waals surface area contributed by atoms with Gasteiger partial charge in [-0.3, -0.25) is 4.79 Å². The van der Waals surface area contributed by atoms with E-state index in [-0.39, 0.29) is 5.91 Å². The SMILES string of the molecule is CCOc1ccc(C(=O)N/N=C\c2cccc(OC(=O)c3ccc(OC)cc3)c2)cc1. The van der Waals surface area contributed by atoms with E-state index in [2.05, 4.69) is 10.5 Å². The second-order valence-electron chi connectivity index (χ2n) is 6.35. The summed E-state index contributed by atoms with van der Waals surface area (Å²) in [5, 5.41) is 3.96. The van der Waals surface area contributed by atoms with Crippen molar-refractivity contribution in [2.45, 2.75) is 6.92 Å². The molecule has 158 valence electrons. The molecule has 0 atom stereocenters. The molecule has 0 unspecified atom stereocenters. The van der Waals surface area contributed by atoms with Gasteiger partial charge in [0.25, 0.3) is 5.91 Å². The number of methoxy groups -OCH3 is 1. The molecule has 0 saturated heterocycles. The summed E-state index contributed by atoms with van der Waals surface area (Å²) in [5.74, 6) is 0.884. The minimum Gasteiger partial charge on any atom is -0.497 e. The predicted molar refractivity (Wildman–Crippen MR) is 117 cm³/mol. The highest BCUT2D eigenvalue weighted by atomic mass is 16.5. The lowest BCUT2D eigenvalue weighted by molar-refractivity contribution is 0.0734. The molecule has 0 saturated carbocycles. The number of esters is 1. The van der Waals surface area contributed by atoms with Crippen LogP contribution >= 0.6 is 0 Å². The Hall–Kier alpha value is -4.13. The second-order valence-corrected chi connectivity index (χ2v) is 6.35. The molecule has 0 bridgehead atoms. The standard InChI is InChI=1S/C24H22N2O5/c1-3-30-21-13-7-18(8-14-21)23(27)26-25-16-17-5-4-6-22(15-17)31-24(28)19-9-11-20(29-2)12-10-19/h4-16H,3H2,1-2H3,(H,26,27)/b25-16-. The first kappa shape index (κ1) is 21.6. The van der Waals surface area contributed by atoms with Crippen molar-refractivity contribution in [1.29, 1.82) is 0 Å². The van der Waals surface area contributed by atoms with Crippen LogP contribution in [-0.4, -0.2) is 31.8 Å². The fraction of sp³-hybridized carbons (Fsp3) is 0.125. The summed E-state index contributed by atoms with van der Waals surface area (Å²) in [6.45, 7) is 2.45. The van der Waals surface area contributed by atoms with Crippen molar-refractivity contribution >= 4 is 18.1 Å². The van der Waals surface area contributed by atoms with Crippen LogP contribution in [0.3, 0.4) is 0 Å². The van der Waals surface area contributed by atoms with Crippen molar-refractivity contribution in [1.82, 2.24) is 5.43 Å². The zero-order chi connectivity index (χ0) is 22.1. The molecule has 1 N–H and O–H groups in total. The van der Waals surface area contributed by atoms with Gasteiger partial charge in [0.05, 0.1) is 25.5 Å². The van der Waals surface area contributed by atoms with Gasteiger partial charge in [0.15, 0.2) is 0 Å². The normalized spacial score (nSPS) is 10.5. The van der Waals surface area contributed by atoms with Gasteiger partial charge < -0.3 is 14.2 Å². The van der Waals surface area contributed by atoms with Crippen LogP contribution in [0.2, 0.25) is 0 Å². The zero-order valence-corrected chi connectivity index (χ0v) is 17.2. The van der Waals surface area contributed by atoms with Crippen LogP contribution in [0.15, 0.2) is 77.9 Å². The van der Waals surface area contributed by atoms with Crippen LogP contribution in [0.4, 0.5) is 0 Å². The summed E-state index contributed by atoms with van der Waals surface area (Å²) in [6.07, 6.45) is 1.47. The summed E-state index contributed by atoms with van der Waals surface area (Å²) in [7, 11) is 1.56. The van der Waals surface area contributed by atoms with E-state index in [9.17, 15) is 9.59 Å². The van der Waals surface area contributed by atoms with Gasteiger partial charge in [0.1, 0.15) is 17.2 Å². The van der Waals surface area contributed by atoms with Gasteiger partial charge in [-0.05, 0) is 73.2 Å². The highest BCUT2D eigenvalue weighted by molar-refractivity contribution is 5.95. The Morgan fingerprint density at radius 3 is 2.26 bits per heavy atom. The van der Waals surface area contributed by atoms with Crippen LogP contribution in [-0.2, 0) is 0 Å². The molecule has 7 nitrogen and oxygen atoms in total. The number of hydrogen-bond acceptors (Lipinski definition) is 6. The number of rotatable bonds is 8. The van der Waals surface area contributed by atoms with Crippen molar-refractivity contribution in [2.24, 2.45) is 5.10 Å². The highest BCUT2D eigenvalue weighted by Gasteiger charge is 2.09. The van der Waals surface area contributed by atoms with Gasteiger partial charge in [0, 0.05) is 5.56 Å². The topological polar surface area (TPSA) is 86.2 Å². The molecule has 0 aliphatic rings. The molecular formula is C24H22N2O5. The van der Waals surface area contributed by atoms with E-state index in [1.54, 1.807) is 79.9 Å². The fourth-order valence-corrected chi connectivity index (χ4v) is 2.65. The van der Waals surface area contributed by atoms with Crippen LogP contribution in [0, 0.1) is 0 Å². The molecular weight excluding hydrogens is 396 g/mol. The van der Waals surface area contributed by atoms with Gasteiger partial charge in [-0.25, -0.2) is 10.2 Å². The summed E-state index contributed by atoms with van der Waals surface area (Å²) in [4.78, 5) is 24.5. The number of ether oxygens (including phenoxy) is 3. The predicted octanol–water partition coefficient (Wildman–Crippen LogP) is 4.08. The first-order valence-corrected chi connectivity index (χ1v) is 9.61. The molecule has 0 aliphatic carbocycles. The van der Waals surface area contributed by atoms with Gasteiger partial charge in [-0.2, -0.15) is 5.10 Å². The fourth-order valence-electron chi connectivity index (χ4n) is 2.65. The summed E-state index contributed by atoms with van der Waals surface area (Å²) in [6, 6.07) is 20.2. The van der Waals surface area contributed by atoms with Gasteiger partial charge in [-0.1, -0.05) is 12.1 Å². The molecule has 3 rings (SSSR count). The minimum absolute atomic E-state index is 0.346. The number of nitrogens with one attached hydrogen (secondary N) is 1. The minimum atomic E-state index is -0.486. The first-order chi connectivity index (χ1) is 15.1. The van der Waals surface area contributed by atoms with Gasteiger partial charge in [0.2, 0.25) is 0 Å². The van der Waals surface area contributed by atoms with E-state index >= 15 is 0 Å². The van der Waals surface area contributed by atoms with Crippen LogP contribution < -0.4 is 19.6 Å². The quantitative estimate of drug-likeness (QED) is 0.258. The van der Waals surface area contributed by atoms with Crippen molar-refractivity contribution < 1.29 is 23.8 Å². The Labute approximate surface area is 180 Å². The Kier molecular flexibility index (Phi) is 7.37. The molecule has 0 aromatic heterocycles. The van der Waals surface area contributed by atoms with E-state index in [0.717, 1.165) is 0 Å². The van der Waals surface area contributed by atoms with E-state index in [1.165, 1.54) is 6.21 Å².